The van der Waals surface area contributed by atoms with E-state index in [9.17, 15) is 9.59 Å². The van der Waals surface area contributed by atoms with Crippen LogP contribution >= 0.6 is 12.4 Å². The van der Waals surface area contributed by atoms with Crippen molar-refractivity contribution in [3.05, 3.63) is 35.4 Å². The average molecular weight is 230 g/mol. The first-order valence-electron chi connectivity index (χ1n) is 4.16. The number of carbonyl (C=O) groups excluding carboxylic acids is 1. The molecule has 1 aromatic carbocycles. The van der Waals surface area contributed by atoms with Crippen molar-refractivity contribution in [2.45, 2.75) is 12.5 Å². The third kappa shape index (κ3) is 4.10. The van der Waals surface area contributed by atoms with Gasteiger partial charge in [0.15, 0.2) is 0 Å². The topological polar surface area (TPSA) is 80.4 Å². The second kappa shape index (κ2) is 6.16. The fraction of sp³-hybridized carbons (Fsp3) is 0.200. The summed E-state index contributed by atoms with van der Waals surface area (Å²) in [6.07, 6.45) is 1.01. The number of hydrogen-bond donors (Lipinski definition) is 2. The lowest BCUT2D eigenvalue weighted by Gasteiger charge is -2.05. The molecule has 0 bridgehead atoms. The van der Waals surface area contributed by atoms with E-state index < -0.39 is 12.0 Å². The zero-order chi connectivity index (χ0) is 10.6. The van der Waals surface area contributed by atoms with Gasteiger partial charge in [0.05, 0.1) is 0 Å². The summed E-state index contributed by atoms with van der Waals surface area (Å²) < 4.78 is 0. The van der Waals surface area contributed by atoms with Crippen LogP contribution in [0.5, 0.6) is 0 Å². The highest BCUT2D eigenvalue weighted by Gasteiger charge is 2.11. The summed E-state index contributed by atoms with van der Waals surface area (Å²) in [5.74, 6) is -1.02. The van der Waals surface area contributed by atoms with Gasteiger partial charge in [-0.1, -0.05) is 24.3 Å². The molecular weight excluding hydrogens is 218 g/mol. The maximum Gasteiger partial charge on any atom is 0.320 e. The van der Waals surface area contributed by atoms with Gasteiger partial charge >= 0.3 is 5.97 Å². The molecule has 0 aliphatic carbocycles. The summed E-state index contributed by atoms with van der Waals surface area (Å²) in [4.78, 5) is 20.8. The number of nitrogens with two attached hydrogens (primary N) is 1. The molecule has 1 aromatic rings. The number of halogens is 1. The number of hydrogen-bond acceptors (Lipinski definition) is 3. The van der Waals surface area contributed by atoms with Crippen molar-refractivity contribution in [3.8, 4) is 0 Å². The number of carboxylic acids is 1. The largest absolute Gasteiger partial charge is 0.480 e. The predicted octanol–water partition coefficient (Wildman–Crippen LogP) is 0.875. The first-order chi connectivity index (χ1) is 6.63. The summed E-state index contributed by atoms with van der Waals surface area (Å²) in [5.41, 5.74) is 6.73. The minimum absolute atomic E-state index is 0. The van der Waals surface area contributed by atoms with Gasteiger partial charge in [-0.15, -0.1) is 12.4 Å². The number of carbonyl (C=O) groups is 2. The third-order valence-corrected chi connectivity index (χ3v) is 1.89. The van der Waals surface area contributed by atoms with Crippen LogP contribution < -0.4 is 5.73 Å². The molecular formula is C10H12ClNO3. The maximum absolute atomic E-state index is 10.4. The van der Waals surface area contributed by atoms with Crippen molar-refractivity contribution in [2.75, 3.05) is 0 Å². The van der Waals surface area contributed by atoms with E-state index in [2.05, 4.69) is 0 Å². The highest BCUT2D eigenvalue weighted by molar-refractivity contribution is 5.85. The number of aliphatic carboxylic acids is 1. The maximum atomic E-state index is 10.4. The molecule has 0 heterocycles. The van der Waals surface area contributed by atoms with Gasteiger partial charge < -0.3 is 10.8 Å². The Morgan fingerprint density at radius 3 is 2.33 bits per heavy atom. The molecule has 15 heavy (non-hydrogen) atoms. The standard InChI is InChI=1S/C10H11NO3.ClH/c11-9(10(13)14)5-7-1-3-8(6-12)4-2-7;/h1-4,6,9H,5,11H2,(H,13,14);1H/t9-;/m0./s1. The minimum Gasteiger partial charge on any atom is -0.480 e. The van der Waals surface area contributed by atoms with Crippen LogP contribution in [0.3, 0.4) is 0 Å². The summed E-state index contributed by atoms with van der Waals surface area (Å²) >= 11 is 0. The predicted molar refractivity (Wildman–Crippen MR) is 58.4 cm³/mol. The van der Waals surface area contributed by atoms with Crippen LogP contribution in [0.4, 0.5) is 0 Å². The molecule has 0 saturated heterocycles. The summed E-state index contributed by atoms with van der Waals surface area (Å²) in [5, 5.41) is 8.56. The Kier molecular flexibility index (Phi) is 5.59. The fourth-order valence-electron chi connectivity index (χ4n) is 1.07. The molecule has 0 aromatic heterocycles. The van der Waals surface area contributed by atoms with Gasteiger partial charge in [0, 0.05) is 5.56 Å². The lowest BCUT2D eigenvalue weighted by atomic mass is 10.1. The normalized spacial score (nSPS) is 11.3. The van der Waals surface area contributed by atoms with Crippen molar-refractivity contribution in [3.63, 3.8) is 0 Å². The van der Waals surface area contributed by atoms with Crippen LogP contribution in [0.15, 0.2) is 24.3 Å². The number of carboxylic acid groups (broad SMARTS) is 1. The van der Waals surface area contributed by atoms with E-state index in [1.807, 2.05) is 0 Å². The molecule has 0 fully saturated rings. The average Bonchev–Trinajstić information content (AvgIpc) is 2.19. The molecule has 4 nitrogen and oxygen atoms in total. The summed E-state index contributed by atoms with van der Waals surface area (Å²) in [7, 11) is 0. The van der Waals surface area contributed by atoms with Gasteiger partial charge in [0.1, 0.15) is 12.3 Å². The van der Waals surface area contributed by atoms with Gasteiger partial charge in [-0.3, -0.25) is 9.59 Å². The van der Waals surface area contributed by atoms with Crippen LogP contribution in [0.1, 0.15) is 15.9 Å². The number of aldehydes is 1. The molecule has 0 spiro atoms. The lowest BCUT2D eigenvalue weighted by molar-refractivity contribution is -0.138. The number of rotatable bonds is 4. The Hall–Kier alpha value is -1.39. The third-order valence-electron chi connectivity index (χ3n) is 1.89. The van der Waals surface area contributed by atoms with E-state index >= 15 is 0 Å². The fourth-order valence-corrected chi connectivity index (χ4v) is 1.07. The van der Waals surface area contributed by atoms with Crippen molar-refractivity contribution in [1.29, 1.82) is 0 Å². The second-order valence-corrected chi connectivity index (χ2v) is 3.01. The molecule has 0 unspecified atom stereocenters. The molecule has 82 valence electrons. The first-order valence-corrected chi connectivity index (χ1v) is 4.16. The molecule has 0 radical (unpaired) electrons. The van der Waals surface area contributed by atoms with Crippen molar-refractivity contribution in [2.24, 2.45) is 5.73 Å². The van der Waals surface area contributed by atoms with E-state index in [1.165, 1.54) is 0 Å². The SMILES string of the molecule is Cl.N[C@@H](Cc1ccc(C=O)cc1)C(=O)O. The van der Waals surface area contributed by atoms with Crippen LogP contribution in [-0.2, 0) is 11.2 Å². The molecule has 0 amide bonds. The van der Waals surface area contributed by atoms with E-state index in [1.54, 1.807) is 24.3 Å². The van der Waals surface area contributed by atoms with Crippen LogP contribution in [0, 0.1) is 0 Å². The van der Waals surface area contributed by atoms with Crippen molar-refractivity contribution < 1.29 is 14.7 Å². The van der Waals surface area contributed by atoms with E-state index in [0.717, 1.165) is 11.8 Å². The zero-order valence-corrected chi connectivity index (χ0v) is 8.74. The Morgan fingerprint density at radius 1 is 1.40 bits per heavy atom. The van der Waals surface area contributed by atoms with Gasteiger partial charge in [0.25, 0.3) is 0 Å². The highest BCUT2D eigenvalue weighted by atomic mass is 35.5. The first kappa shape index (κ1) is 13.6. The Bertz CT molecular complexity index is 337. The van der Waals surface area contributed by atoms with E-state index in [4.69, 9.17) is 10.8 Å². The van der Waals surface area contributed by atoms with Gasteiger partial charge in [-0.25, -0.2) is 0 Å². The monoisotopic (exact) mass is 229 g/mol. The van der Waals surface area contributed by atoms with E-state index in [0.29, 0.717) is 5.56 Å². The number of benzene rings is 1. The Morgan fingerprint density at radius 2 is 1.93 bits per heavy atom. The van der Waals surface area contributed by atoms with Crippen molar-refractivity contribution >= 4 is 24.7 Å². The quantitative estimate of drug-likeness (QED) is 0.751. The van der Waals surface area contributed by atoms with Crippen molar-refractivity contribution in [1.82, 2.24) is 0 Å². The van der Waals surface area contributed by atoms with Gasteiger partial charge in [-0.2, -0.15) is 0 Å². The van der Waals surface area contributed by atoms with Gasteiger partial charge in [-0.05, 0) is 12.0 Å². The van der Waals surface area contributed by atoms with Crippen LogP contribution in [-0.4, -0.2) is 23.4 Å². The van der Waals surface area contributed by atoms with Crippen LogP contribution in [0.2, 0.25) is 0 Å². The molecule has 5 heteroatoms. The molecule has 3 N–H and O–H groups in total. The minimum atomic E-state index is -1.02. The van der Waals surface area contributed by atoms with E-state index in [-0.39, 0.29) is 18.8 Å². The summed E-state index contributed by atoms with van der Waals surface area (Å²) in [6.45, 7) is 0. The van der Waals surface area contributed by atoms with Gasteiger partial charge in [0.2, 0.25) is 0 Å². The molecule has 0 aliphatic rings. The lowest BCUT2D eigenvalue weighted by Crippen LogP contribution is -2.32. The Balaban J connectivity index is 0.00000196. The highest BCUT2D eigenvalue weighted by Crippen LogP contribution is 2.04. The molecule has 0 aliphatic heterocycles. The Labute approximate surface area is 93.5 Å². The van der Waals surface area contributed by atoms with Crippen LogP contribution in [0.25, 0.3) is 0 Å². The smallest absolute Gasteiger partial charge is 0.320 e. The zero-order valence-electron chi connectivity index (χ0n) is 7.92. The molecule has 0 saturated carbocycles. The summed E-state index contributed by atoms with van der Waals surface area (Å²) in [6, 6.07) is 5.78. The molecule has 1 atom stereocenters. The second-order valence-electron chi connectivity index (χ2n) is 3.01. The molecule has 1 rings (SSSR count).